The lowest BCUT2D eigenvalue weighted by Crippen LogP contribution is -2.39. The molecular formula is C72H94N27O35P7S7. The molecule has 11 aromatic heterocycles. The lowest BCUT2D eigenvalue weighted by Gasteiger charge is -2.29. The third-order valence-electron chi connectivity index (χ3n) is 24.5. The Bertz CT molecular complexity index is 7650. The highest BCUT2D eigenvalue weighted by Crippen LogP contribution is 2.59. The second-order valence-electron chi connectivity index (χ2n) is 34.3. The van der Waals surface area contributed by atoms with Gasteiger partial charge in [-0.25, -0.2) is 64.2 Å². The molecule has 7 fully saturated rings. The molecule has 0 spiro atoms. The second kappa shape index (κ2) is 44.1. The number of ether oxygens (including phenoxy) is 7. The number of aromatic nitrogens is 22. The maximum absolute atomic E-state index is 13.6. The van der Waals surface area contributed by atoms with Gasteiger partial charge in [0.1, 0.15) is 128 Å². The van der Waals surface area contributed by atoms with Gasteiger partial charge in [-0.05, 0) is 110 Å². The number of rotatable bonds is 41. The number of nitrogen functional groups attached to an aromatic ring is 5. The molecule has 29 atom stereocenters. The third kappa shape index (κ3) is 24.6. The van der Waals surface area contributed by atoms with E-state index in [1.807, 2.05) is 0 Å². The number of nitrogens with zero attached hydrogens (tertiary/aromatic N) is 19. The van der Waals surface area contributed by atoms with Crippen LogP contribution in [0, 0.1) is 20.8 Å². The van der Waals surface area contributed by atoms with Gasteiger partial charge >= 0.3 is 64.1 Å². The van der Waals surface area contributed by atoms with Crippen LogP contribution in [0.3, 0.4) is 0 Å². The summed E-state index contributed by atoms with van der Waals surface area (Å²) in [6.45, 7) is -30.2. The van der Waals surface area contributed by atoms with E-state index in [0.717, 1.165) is 28.8 Å². The first-order valence-corrected chi connectivity index (χ1v) is 62.4. The summed E-state index contributed by atoms with van der Waals surface area (Å²) in [6.07, 6.45) is -17.9. The summed E-state index contributed by atoms with van der Waals surface area (Å²) in [6, 6.07) is 0. The summed E-state index contributed by atoms with van der Waals surface area (Å²) in [7, 11) is 1.13. The maximum Gasteiger partial charge on any atom is 0.351 e. The zero-order valence-corrected chi connectivity index (χ0v) is 89.1. The molecule has 148 heavy (non-hydrogen) atoms. The van der Waals surface area contributed by atoms with Crippen LogP contribution in [0.15, 0.2) is 91.6 Å². The molecule has 0 aliphatic carbocycles. The van der Waals surface area contributed by atoms with Crippen molar-refractivity contribution in [2.75, 3.05) is 75.4 Å². The predicted octanol–water partition coefficient (Wildman–Crippen LogP) is 0.186. The van der Waals surface area contributed by atoms with Gasteiger partial charge in [0.2, 0.25) is 5.95 Å². The van der Waals surface area contributed by atoms with Crippen LogP contribution in [-0.2, 0) is 179 Å². The van der Waals surface area contributed by atoms with E-state index in [-0.39, 0.29) is 124 Å². The van der Waals surface area contributed by atoms with E-state index in [2.05, 4.69) is 74.8 Å². The van der Waals surface area contributed by atoms with Crippen LogP contribution in [0.25, 0.3) is 44.7 Å². The third-order valence-corrected chi connectivity index (χ3v) is 35.7. The average Bonchev–Trinajstić information content (AvgIpc) is 1.63. The summed E-state index contributed by atoms with van der Waals surface area (Å²) in [4.78, 5) is 219. The number of nitrogens with two attached hydrogens (primary N) is 5. The Balaban J connectivity index is 0.565. The Morgan fingerprint density at radius 1 is 0.358 bits per heavy atom. The van der Waals surface area contributed by atoms with E-state index >= 15 is 0 Å². The number of aromatic amines is 3. The molecular weight excluding hydrogens is 2240 g/mol. The number of aryl methyl sites for hydroxylation is 3. The number of anilines is 5. The number of hydrogen-bond donors (Lipinski definition) is 16. The standard InChI is InChI=1S/C72H94N27O35P7S7/c1-6-32-33(7-45(121-32)94-14-30(3)65(101)91-71(94)105)129-136(108,143)115-17-40-35(8-46(122-40)93-13-29(2)57(73)88-70(93)104)130-140(112,147)120-21-44-56(55(100)68(127-44)95-15-31(4)66(102)92-72(95)106)134-141(113,148)119-20-43-38(12-49(125-43)98-27-86-53-60(76)80-24-83-63(53)98)133-139(111,146)118-19-42-37(11-48(124-42)97-26-85-52-59(75)79-23-82-62(52)97)132-138(110,145)117-18-41-36(10-47(123-41)96-25-84-51-58(74)78-22-81-61(51)96)131-137(109,144)116-16-39-34(128-135(107,142)114-5)9-50(126-39)99-28-87-54-64(99)89-69(77)90-67(54)103/h13-15,22-28,32-50,55-56,68,100H,6-12,16-21H2,1-5H3,(H,107,142)(H,108,143)(H,109,144)(H,110,145)(H,111,146)(H,112,147)(H,113,148)(H2,73,88,104)(H2,74,78,81)(H2,75,79,82)(H2,76,80,83)(H,91,101,105)(H,92,102,106)(H3,77,89,90,103)/t32-,33?,34?,35?,36?,37?,38?,39-,40-,41-,42-,43-,44-,45-,46-,47-,48-,49-,50-,55+,56?,68-,135?,136?,137?,138?,139?,140?,141?/m1/s1. The van der Waals surface area contributed by atoms with E-state index in [1.165, 1.54) is 87.0 Å². The van der Waals surface area contributed by atoms with Crippen molar-refractivity contribution < 1.29 is 136 Å². The highest BCUT2D eigenvalue weighted by atomic mass is 32.5. The van der Waals surface area contributed by atoms with Crippen molar-refractivity contribution in [1.29, 1.82) is 0 Å². The van der Waals surface area contributed by atoms with Crippen molar-refractivity contribution in [2.45, 2.75) is 208 Å². The van der Waals surface area contributed by atoms with Crippen LogP contribution in [0.4, 0.5) is 29.2 Å². The van der Waals surface area contributed by atoms with Gasteiger partial charge in [-0.3, -0.25) is 65.8 Å². The summed E-state index contributed by atoms with van der Waals surface area (Å²) < 4.78 is 138. The Hall–Kier alpha value is -7.37. The minimum atomic E-state index is -4.92. The number of H-pyrrole nitrogens is 3. The molecule has 11 aromatic rings. The fourth-order valence-corrected chi connectivity index (χ4v) is 27.2. The number of imidazole rings is 4. The fourth-order valence-electron chi connectivity index (χ4n) is 17.4. The van der Waals surface area contributed by atoms with Crippen molar-refractivity contribution in [3.8, 4) is 0 Å². The van der Waals surface area contributed by atoms with E-state index in [0.29, 0.717) is 12.0 Å². The van der Waals surface area contributed by atoms with Gasteiger partial charge in [0.05, 0.1) is 108 Å². The molecule has 804 valence electrons. The quantitative estimate of drug-likeness (QED) is 0.0227. The van der Waals surface area contributed by atoms with E-state index < -0.39 is 256 Å². The molecule has 62 nitrogen and oxygen atoms in total. The molecule has 0 aromatic carbocycles. The van der Waals surface area contributed by atoms with Gasteiger partial charge in [0.25, 0.3) is 16.7 Å². The molecule has 7 aliphatic heterocycles. The minimum Gasteiger partial charge on any atom is -0.386 e. The summed E-state index contributed by atoms with van der Waals surface area (Å²) >= 11 is 39.2. The maximum atomic E-state index is 13.6. The number of aliphatic hydroxyl groups excluding tert-OH is 1. The zero-order valence-electron chi connectivity index (χ0n) is 77.1. The van der Waals surface area contributed by atoms with Crippen LogP contribution < -0.4 is 62.4 Å². The Kier molecular flexibility index (Phi) is 32.9. The smallest absolute Gasteiger partial charge is 0.351 e. The van der Waals surface area contributed by atoms with Gasteiger partial charge in [0.15, 0.2) is 51.8 Å². The number of nitrogens with one attached hydrogen (secondary N) is 3. The highest BCUT2D eigenvalue weighted by Gasteiger charge is 2.54. The highest BCUT2D eigenvalue weighted by molar-refractivity contribution is 8.09. The largest absolute Gasteiger partial charge is 0.386 e. The van der Waals surface area contributed by atoms with Gasteiger partial charge in [0, 0.05) is 80.9 Å². The topological polar surface area (TPSA) is 825 Å². The molecule has 7 aliphatic rings. The molecule has 0 radical (unpaired) electrons. The SMILES string of the molecule is CC[C@H]1O[C@@H](n2cc(C)c(=O)[nH]c2=O)CC1OP(O)(=S)OC[C@H]1O[C@@H](n2cc(C)c(N)nc2=O)CC1OP(O)(=S)OC[C@H]1O[C@@H](n2cc(C)c(=O)[nH]c2=O)[C@@H](O)C1OP(O)(=S)OC[C@H]1O[C@@H](n2cnc3c(N)ncnc32)CC1OP(O)(=S)OC[C@H]1O[C@@H](n2cnc3c(N)ncnc32)CC1OP(O)(=S)OC[C@H]1O[C@@H](n2cnc3c(N)ncnc32)CC1OP(O)(=S)OC[C@H]1O[C@@H](n2cnc3c(=O)[nH]c(N)nc32)CC1OP(O)(=S)OC. The Morgan fingerprint density at radius 3 is 1.05 bits per heavy atom. The minimum absolute atomic E-state index is 0.00583. The summed E-state index contributed by atoms with van der Waals surface area (Å²) in [5.41, 5.74) is 27.1. The first-order chi connectivity index (χ1) is 69.9. The summed E-state index contributed by atoms with van der Waals surface area (Å²) in [5, 5.41) is 12.3. The normalized spacial score (nSPS) is 29.8. The van der Waals surface area contributed by atoms with Crippen molar-refractivity contribution in [3.63, 3.8) is 0 Å². The van der Waals surface area contributed by atoms with Gasteiger partial charge in [-0.15, -0.1) is 0 Å². The van der Waals surface area contributed by atoms with Crippen LogP contribution >= 0.6 is 47.0 Å². The lowest BCUT2D eigenvalue weighted by atomic mass is 10.1. The van der Waals surface area contributed by atoms with Gasteiger partial charge in [-0.2, -0.15) is 9.97 Å². The molecule has 21 N–H and O–H groups in total. The fraction of sp³-hybridized carbons (Fsp3) is 0.556. The molecule has 18 rings (SSSR count). The molecule has 0 amide bonds. The van der Waals surface area contributed by atoms with Crippen molar-refractivity contribution in [2.24, 2.45) is 0 Å². The van der Waals surface area contributed by atoms with Crippen LogP contribution in [-0.4, -0.2) is 284 Å². The monoisotopic (exact) mass is 2340 g/mol. The van der Waals surface area contributed by atoms with E-state index in [9.17, 15) is 68.1 Å². The number of hydrogen-bond acceptors (Lipinski definition) is 52. The van der Waals surface area contributed by atoms with Gasteiger partial charge < -0.3 is 160 Å². The zero-order chi connectivity index (χ0) is 106. The Morgan fingerprint density at radius 2 is 0.669 bits per heavy atom. The molecule has 76 heteroatoms. The number of aliphatic hydroxyl groups is 1. The Labute approximate surface area is 865 Å². The van der Waals surface area contributed by atoms with Gasteiger partial charge in [-0.1, -0.05) is 6.92 Å². The molecule has 0 bridgehead atoms. The molecule has 7 saturated heterocycles. The lowest BCUT2D eigenvalue weighted by molar-refractivity contribution is -0.0587. The predicted molar refractivity (Wildman–Crippen MR) is 535 cm³/mol. The van der Waals surface area contributed by atoms with Crippen molar-refractivity contribution in [1.82, 2.24) is 107 Å². The van der Waals surface area contributed by atoms with Crippen LogP contribution in [0.2, 0.25) is 0 Å². The van der Waals surface area contributed by atoms with E-state index in [4.69, 9.17) is 208 Å². The van der Waals surface area contributed by atoms with Crippen molar-refractivity contribution in [3.05, 3.63) is 142 Å². The molecule has 0 saturated carbocycles. The first-order valence-electron chi connectivity index (χ1n) is 44.2. The first kappa shape index (κ1) is 110. The molecule has 18 heterocycles. The van der Waals surface area contributed by atoms with Crippen LogP contribution in [0.1, 0.15) is 112 Å². The second-order valence-corrected chi connectivity index (χ2v) is 53.9. The number of fused-ring (bicyclic) bond motifs is 4. The van der Waals surface area contributed by atoms with Crippen LogP contribution in [0.5, 0.6) is 0 Å². The van der Waals surface area contributed by atoms with E-state index in [1.54, 1.807) is 13.8 Å². The van der Waals surface area contributed by atoms with Crippen molar-refractivity contribution >= 4 is 204 Å². The average molecular weight is 2340 g/mol. The molecule has 14 unspecified atom stereocenters. The summed E-state index contributed by atoms with van der Waals surface area (Å²) in [5.74, 6) is -0.343.